The van der Waals surface area contributed by atoms with Crippen molar-refractivity contribution in [3.8, 4) is 17.0 Å². The Kier molecular flexibility index (Phi) is 6.85. The molecular weight excluding hydrogens is 522 g/mol. The fraction of sp³-hybridized carbons (Fsp3) is 0.406. The standard InChI is InChI=1S/C32H36BrN3O/c1-20-15-16-27-32(26(33)18-34-27)31(20)28-17-30(37-23-11-5-6-12-23)25(21(2)35-28)19-36(3)29-14-8-10-22-9-4-7-13-24(22)29/h4,7,9,13,15-18,23,29,34H,5-6,8,10-12,14,19H2,1-3H3/t29-/m0/s1. The maximum atomic E-state index is 6.78. The number of nitrogens with zero attached hydrogens (tertiary/aromatic N) is 2. The van der Waals surface area contributed by atoms with Crippen LogP contribution >= 0.6 is 15.9 Å². The molecule has 0 amide bonds. The van der Waals surface area contributed by atoms with Gasteiger partial charge in [-0.2, -0.15) is 0 Å². The monoisotopic (exact) mass is 557 g/mol. The highest BCUT2D eigenvalue weighted by Crippen LogP contribution is 2.40. The molecule has 2 aromatic heterocycles. The first-order valence-electron chi connectivity index (χ1n) is 13.7. The molecule has 0 unspecified atom stereocenters. The second kappa shape index (κ2) is 10.3. The highest BCUT2D eigenvalue weighted by atomic mass is 79.9. The summed E-state index contributed by atoms with van der Waals surface area (Å²) in [5.74, 6) is 1.01. The Morgan fingerprint density at radius 2 is 1.86 bits per heavy atom. The normalized spacial score (nSPS) is 18.0. The van der Waals surface area contributed by atoms with Gasteiger partial charge in [-0.05, 0) is 105 Å². The van der Waals surface area contributed by atoms with E-state index in [-0.39, 0.29) is 0 Å². The Bertz CT molecular complexity index is 1440. The fourth-order valence-electron chi connectivity index (χ4n) is 6.45. The Labute approximate surface area is 228 Å². The quantitative estimate of drug-likeness (QED) is 0.258. The highest BCUT2D eigenvalue weighted by molar-refractivity contribution is 9.10. The number of pyridine rings is 1. The number of rotatable bonds is 6. The van der Waals surface area contributed by atoms with E-state index in [1.165, 1.54) is 65.3 Å². The molecule has 37 heavy (non-hydrogen) atoms. The van der Waals surface area contributed by atoms with Crippen molar-refractivity contribution < 1.29 is 4.74 Å². The fourth-order valence-corrected chi connectivity index (χ4v) is 6.97. The van der Waals surface area contributed by atoms with Crippen LogP contribution < -0.4 is 4.74 Å². The average Bonchev–Trinajstić information content (AvgIpc) is 3.55. The molecule has 6 rings (SSSR count). The number of hydrogen-bond donors (Lipinski definition) is 1. The largest absolute Gasteiger partial charge is 0.490 e. The van der Waals surface area contributed by atoms with Gasteiger partial charge in [0.15, 0.2) is 0 Å². The van der Waals surface area contributed by atoms with Gasteiger partial charge in [0.25, 0.3) is 0 Å². The van der Waals surface area contributed by atoms with Gasteiger partial charge in [-0.25, -0.2) is 0 Å². The lowest BCUT2D eigenvalue weighted by Crippen LogP contribution is -2.28. The van der Waals surface area contributed by atoms with Gasteiger partial charge in [-0.1, -0.05) is 30.3 Å². The maximum absolute atomic E-state index is 6.78. The minimum absolute atomic E-state index is 0.296. The molecule has 4 nitrogen and oxygen atoms in total. The summed E-state index contributed by atoms with van der Waals surface area (Å²) >= 11 is 3.76. The molecule has 0 radical (unpaired) electrons. The van der Waals surface area contributed by atoms with Gasteiger partial charge in [0.1, 0.15) is 5.75 Å². The molecule has 1 atom stereocenters. The number of benzene rings is 2. The molecule has 2 aromatic carbocycles. The van der Waals surface area contributed by atoms with E-state index in [0.29, 0.717) is 12.1 Å². The predicted molar refractivity (Wildman–Crippen MR) is 155 cm³/mol. The Hall–Kier alpha value is -2.63. The highest BCUT2D eigenvalue weighted by Gasteiger charge is 2.27. The maximum Gasteiger partial charge on any atom is 0.128 e. The number of H-pyrrole nitrogens is 1. The van der Waals surface area contributed by atoms with E-state index in [4.69, 9.17) is 9.72 Å². The molecule has 1 N–H and O–H groups in total. The van der Waals surface area contributed by atoms with Gasteiger partial charge in [-0.15, -0.1) is 0 Å². The number of fused-ring (bicyclic) bond motifs is 2. The zero-order valence-electron chi connectivity index (χ0n) is 22.1. The summed E-state index contributed by atoms with van der Waals surface area (Å²) in [6.45, 7) is 5.16. The summed E-state index contributed by atoms with van der Waals surface area (Å²) in [4.78, 5) is 11.1. The average molecular weight is 559 g/mol. The van der Waals surface area contributed by atoms with E-state index in [9.17, 15) is 0 Å². The number of ether oxygens (including phenoxy) is 1. The van der Waals surface area contributed by atoms with Crippen LogP contribution in [0.1, 0.15) is 72.5 Å². The Morgan fingerprint density at radius 1 is 1.05 bits per heavy atom. The van der Waals surface area contributed by atoms with Crippen molar-refractivity contribution in [1.29, 1.82) is 0 Å². The SMILES string of the molecule is Cc1ccc2[nH]cc(Br)c2c1-c1cc(OC2CCCC2)c(CN(C)[C@H]2CCCc3ccccc32)c(C)n1. The number of halogens is 1. The number of hydrogen-bond acceptors (Lipinski definition) is 3. The lowest BCUT2D eigenvalue weighted by atomic mass is 9.87. The van der Waals surface area contributed by atoms with E-state index in [2.05, 4.69) is 89.2 Å². The van der Waals surface area contributed by atoms with Crippen LogP contribution in [0.2, 0.25) is 0 Å². The van der Waals surface area contributed by atoms with Crippen LogP contribution in [-0.4, -0.2) is 28.0 Å². The third kappa shape index (κ3) is 4.72. The van der Waals surface area contributed by atoms with Crippen LogP contribution in [0.25, 0.3) is 22.2 Å². The summed E-state index contributed by atoms with van der Waals surface area (Å²) in [6.07, 6.45) is 10.7. The first-order valence-corrected chi connectivity index (χ1v) is 14.5. The molecule has 2 heterocycles. The van der Waals surface area contributed by atoms with Crippen molar-refractivity contribution in [2.24, 2.45) is 0 Å². The van der Waals surface area contributed by atoms with E-state index in [1.54, 1.807) is 0 Å². The summed E-state index contributed by atoms with van der Waals surface area (Å²) in [7, 11) is 2.27. The van der Waals surface area contributed by atoms with Crippen LogP contribution in [0.5, 0.6) is 5.75 Å². The summed E-state index contributed by atoms with van der Waals surface area (Å²) in [5.41, 5.74) is 9.76. The molecular formula is C32H36BrN3O. The Balaban J connectivity index is 1.41. The molecule has 2 aliphatic carbocycles. The van der Waals surface area contributed by atoms with E-state index in [0.717, 1.165) is 46.5 Å². The molecule has 0 saturated heterocycles. The van der Waals surface area contributed by atoms with Crippen LogP contribution in [0.15, 0.2) is 53.1 Å². The van der Waals surface area contributed by atoms with Gasteiger partial charge >= 0.3 is 0 Å². The summed E-state index contributed by atoms with van der Waals surface area (Å²) < 4.78 is 7.85. The van der Waals surface area contributed by atoms with Crippen molar-refractivity contribution in [3.05, 3.63) is 81.1 Å². The zero-order valence-corrected chi connectivity index (χ0v) is 23.7. The van der Waals surface area contributed by atoms with Gasteiger partial charge in [-0.3, -0.25) is 9.88 Å². The van der Waals surface area contributed by atoms with Gasteiger partial charge in [0.2, 0.25) is 0 Å². The van der Waals surface area contributed by atoms with Crippen molar-refractivity contribution in [1.82, 2.24) is 14.9 Å². The second-order valence-electron chi connectivity index (χ2n) is 10.9. The van der Waals surface area contributed by atoms with Crippen molar-refractivity contribution in [3.63, 3.8) is 0 Å². The molecule has 0 spiro atoms. The topological polar surface area (TPSA) is 41.1 Å². The zero-order chi connectivity index (χ0) is 25.5. The lowest BCUT2D eigenvalue weighted by Gasteiger charge is -2.34. The van der Waals surface area contributed by atoms with E-state index >= 15 is 0 Å². The third-order valence-electron chi connectivity index (χ3n) is 8.43. The predicted octanol–water partition coefficient (Wildman–Crippen LogP) is 8.44. The molecule has 1 fully saturated rings. The third-order valence-corrected chi connectivity index (χ3v) is 9.05. The van der Waals surface area contributed by atoms with Crippen LogP contribution in [0.4, 0.5) is 0 Å². The van der Waals surface area contributed by atoms with Gasteiger partial charge in [0.05, 0.1) is 11.8 Å². The minimum Gasteiger partial charge on any atom is -0.490 e. The van der Waals surface area contributed by atoms with E-state index in [1.807, 2.05) is 6.20 Å². The molecule has 2 aliphatic rings. The molecule has 0 aliphatic heterocycles. The lowest BCUT2D eigenvalue weighted by molar-refractivity contribution is 0.189. The van der Waals surface area contributed by atoms with E-state index < -0.39 is 0 Å². The van der Waals surface area contributed by atoms with Crippen LogP contribution in [0.3, 0.4) is 0 Å². The first kappa shape index (κ1) is 24.7. The number of aryl methyl sites for hydroxylation is 3. The van der Waals surface area contributed by atoms with Crippen molar-refractivity contribution >= 4 is 26.8 Å². The molecule has 1 saturated carbocycles. The number of aromatic amines is 1. The number of nitrogens with one attached hydrogen (secondary N) is 1. The summed E-state index contributed by atoms with van der Waals surface area (Å²) in [5, 5.41) is 1.18. The molecule has 4 aromatic rings. The smallest absolute Gasteiger partial charge is 0.128 e. The molecule has 192 valence electrons. The first-order chi connectivity index (χ1) is 18.0. The molecule has 0 bridgehead atoms. The number of aromatic nitrogens is 2. The summed E-state index contributed by atoms with van der Waals surface area (Å²) in [6, 6.07) is 15.9. The van der Waals surface area contributed by atoms with Crippen LogP contribution in [0, 0.1) is 13.8 Å². The minimum atomic E-state index is 0.296. The van der Waals surface area contributed by atoms with Crippen molar-refractivity contribution in [2.75, 3.05) is 7.05 Å². The van der Waals surface area contributed by atoms with Gasteiger partial charge in [0, 0.05) is 57.0 Å². The van der Waals surface area contributed by atoms with Gasteiger partial charge < -0.3 is 9.72 Å². The molecule has 5 heteroatoms. The Morgan fingerprint density at radius 3 is 2.70 bits per heavy atom. The van der Waals surface area contributed by atoms with Crippen LogP contribution in [-0.2, 0) is 13.0 Å². The van der Waals surface area contributed by atoms with Crippen molar-refractivity contribution in [2.45, 2.75) is 77.5 Å². The second-order valence-corrected chi connectivity index (χ2v) is 11.8.